The van der Waals surface area contributed by atoms with Crippen LogP contribution in [-0.2, 0) is 4.74 Å². The van der Waals surface area contributed by atoms with Crippen LogP contribution in [0.15, 0.2) is 18.3 Å². The Morgan fingerprint density at radius 1 is 1.43 bits per heavy atom. The van der Waals surface area contributed by atoms with Crippen molar-refractivity contribution in [3.05, 3.63) is 46.5 Å². The summed E-state index contributed by atoms with van der Waals surface area (Å²) in [6, 6.07) is 4.22. The van der Waals surface area contributed by atoms with E-state index in [0.717, 1.165) is 17.7 Å². The SMILES string of the molecule is COC(=O)c1c(N)c(C#N)cn1-c1cc(C)cc(F)c1C(=O)O. The van der Waals surface area contributed by atoms with Gasteiger partial charge in [-0.05, 0) is 24.6 Å². The van der Waals surface area contributed by atoms with Gasteiger partial charge in [0.1, 0.15) is 17.4 Å². The van der Waals surface area contributed by atoms with Crippen molar-refractivity contribution in [3.63, 3.8) is 0 Å². The van der Waals surface area contributed by atoms with E-state index in [1.165, 1.54) is 12.3 Å². The number of nitrogen functional groups attached to an aromatic ring is 1. The number of esters is 1. The topological polar surface area (TPSA) is 118 Å². The molecule has 0 atom stereocenters. The number of rotatable bonds is 3. The van der Waals surface area contributed by atoms with Gasteiger partial charge in [-0.15, -0.1) is 0 Å². The second-order valence-corrected chi connectivity index (χ2v) is 4.72. The van der Waals surface area contributed by atoms with Crippen molar-refractivity contribution >= 4 is 17.6 Å². The van der Waals surface area contributed by atoms with Gasteiger partial charge in [-0.3, -0.25) is 0 Å². The number of hydrogen-bond acceptors (Lipinski definition) is 5. The minimum absolute atomic E-state index is 0.0522. The number of nitrogens with zero attached hydrogens (tertiary/aromatic N) is 2. The molecule has 1 heterocycles. The third-order valence-corrected chi connectivity index (χ3v) is 3.23. The van der Waals surface area contributed by atoms with Crippen LogP contribution in [0.25, 0.3) is 5.69 Å². The van der Waals surface area contributed by atoms with E-state index in [9.17, 15) is 19.1 Å². The number of carboxylic acid groups (broad SMARTS) is 1. The maximum atomic E-state index is 14.0. The molecule has 2 rings (SSSR count). The minimum Gasteiger partial charge on any atom is -0.478 e. The third kappa shape index (κ3) is 2.60. The summed E-state index contributed by atoms with van der Waals surface area (Å²) in [5.74, 6) is -3.35. The van der Waals surface area contributed by atoms with E-state index in [1.807, 2.05) is 0 Å². The number of benzene rings is 1. The molecule has 0 radical (unpaired) electrons. The number of aromatic carboxylic acids is 1. The number of methoxy groups -OCH3 is 1. The van der Waals surface area contributed by atoms with E-state index >= 15 is 0 Å². The molecule has 23 heavy (non-hydrogen) atoms. The molecular weight excluding hydrogens is 305 g/mol. The largest absolute Gasteiger partial charge is 0.478 e. The van der Waals surface area contributed by atoms with Crippen LogP contribution in [-0.4, -0.2) is 28.7 Å². The molecule has 8 heteroatoms. The Hall–Kier alpha value is -3.34. The Balaban J connectivity index is 2.90. The van der Waals surface area contributed by atoms with Gasteiger partial charge < -0.3 is 20.1 Å². The zero-order chi connectivity index (χ0) is 17.3. The normalized spacial score (nSPS) is 10.2. The zero-order valence-corrected chi connectivity index (χ0v) is 12.3. The summed E-state index contributed by atoms with van der Waals surface area (Å²) < 4.78 is 19.7. The molecule has 0 aliphatic carbocycles. The third-order valence-electron chi connectivity index (χ3n) is 3.23. The lowest BCUT2D eigenvalue weighted by Gasteiger charge is -2.13. The van der Waals surface area contributed by atoms with Crippen LogP contribution >= 0.6 is 0 Å². The van der Waals surface area contributed by atoms with Crippen LogP contribution in [0, 0.1) is 24.1 Å². The van der Waals surface area contributed by atoms with E-state index in [2.05, 4.69) is 4.74 Å². The number of ether oxygens (including phenoxy) is 1. The Morgan fingerprint density at radius 3 is 2.61 bits per heavy atom. The van der Waals surface area contributed by atoms with Crippen LogP contribution < -0.4 is 5.73 Å². The molecule has 2 aromatic rings. The number of carbonyl (C=O) groups is 2. The second kappa shape index (κ2) is 5.81. The van der Waals surface area contributed by atoms with Crippen LogP contribution in [0.1, 0.15) is 32.0 Å². The molecule has 118 valence electrons. The molecular formula is C15H12FN3O4. The molecule has 7 nitrogen and oxygen atoms in total. The maximum absolute atomic E-state index is 14.0. The van der Waals surface area contributed by atoms with E-state index in [0.29, 0.717) is 5.56 Å². The number of carboxylic acids is 1. The van der Waals surface area contributed by atoms with Crippen molar-refractivity contribution in [2.75, 3.05) is 12.8 Å². The lowest BCUT2D eigenvalue weighted by atomic mass is 10.1. The van der Waals surface area contributed by atoms with E-state index < -0.39 is 23.3 Å². The summed E-state index contributed by atoms with van der Waals surface area (Å²) in [5.41, 5.74) is 4.96. The Bertz CT molecular complexity index is 865. The molecule has 0 aliphatic heterocycles. The number of anilines is 1. The summed E-state index contributed by atoms with van der Waals surface area (Å²) in [6.07, 6.45) is 1.17. The fourth-order valence-electron chi connectivity index (χ4n) is 2.23. The highest BCUT2D eigenvalue weighted by Crippen LogP contribution is 2.28. The quantitative estimate of drug-likeness (QED) is 0.834. The van der Waals surface area contributed by atoms with Crippen molar-refractivity contribution in [2.24, 2.45) is 0 Å². The second-order valence-electron chi connectivity index (χ2n) is 4.72. The predicted molar refractivity (Wildman–Crippen MR) is 77.9 cm³/mol. The van der Waals surface area contributed by atoms with Gasteiger partial charge in [0.2, 0.25) is 0 Å². The molecule has 0 bridgehead atoms. The van der Waals surface area contributed by atoms with Crippen molar-refractivity contribution in [3.8, 4) is 11.8 Å². The van der Waals surface area contributed by atoms with Crippen molar-refractivity contribution in [1.29, 1.82) is 5.26 Å². The lowest BCUT2D eigenvalue weighted by Crippen LogP contribution is -2.15. The molecule has 0 spiro atoms. The first-order chi connectivity index (χ1) is 10.8. The summed E-state index contributed by atoms with van der Waals surface area (Å²) in [7, 11) is 1.11. The monoisotopic (exact) mass is 317 g/mol. The van der Waals surface area contributed by atoms with Gasteiger partial charge >= 0.3 is 11.9 Å². The first-order valence-electron chi connectivity index (χ1n) is 6.34. The lowest BCUT2D eigenvalue weighted by molar-refractivity contribution is 0.0590. The van der Waals surface area contributed by atoms with Gasteiger partial charge in [0.05, 0.1) is 24.0 Å². The Kier molecular flexibility index (Phi) is 4.05. The summed E-state index contributed by atoms with van der Waals surface area (Å²) in [5, 5.41) is 18.3. The van der Waals surface area contributed by atoms with Gasteiger partial charge in [-0.2, -0.15) is 5.26 Å². The standard InChI is InChI=1S/C15H12FN3O4/c1-7-3-9(16)11(14(20)21)10(4-7)19-6-8(5-17)12(18)13(19)15(22)23-2/h3-4,6H,18H2,1-2H3,(H,20,21). The highest BCUT2D eigenvalue weighted by Gasteiger charge is 2.26. The van der Waals surface area contributed by atoms with Crippen LogP contribution in [0.3, 0.4) is 0 Å². The Morgan fingerprint density at radius 2 is 2.09 bits per heavy atom. The average Bonchev–Trinajstić information content (AvgIpc) is 2.81. The van der Waals surface area contributed by atoms with Gasteiger partial charge in [0.25, 0.3) is 0 Å². The molecule has 0 saturated heterocycles. The smallest absolute Gasteiger partial charge is 0.357 e. The number of carbonyl (C=O) groups excluding carboxylic acids is 1. The molecule has 0 saturated carbocycles. The first-order valence-corrected chi connectivity index (χ1v) is 6.34. The van der Waals surface area contributed by atoms with Gasteiger partial charge in [0.15, 0.2) is 5.69 Å². The van der Waals surface area contributed by atoms with Crippen molar-refractivity contribution < 1.29 is 23.8 Å². The van der Waals surface area contributed by atoms with E-state index in [-0.39, 0.29) is 22.6 Å². The van der Waals surface area contributed by atoms with Crippen LogP contribution in [0.5, 0.6) is 0 Å². The molecule has 0 amide bonds. The van der Waals surface area contributed by atoms with Gasteiger partial charge in [-0.1, -0.05) is 0 Å². The van der Waals surface area contributed by atoms with E-state index in [1.54, 1.807) is 13.0 Å². The van der Waals surface area contributed by atoms with Crippen molar-refractivity contribution in [2.45, 2.75) is 6.92 Å². The number of halogens is 1. The highest BCUT2D eigenvalue weighted by molar-refractivity contribution is 5.98. The molecule has 0 unspecified atom stereocenters. The molecule has 1 aromatic carbocycles. The summed E-state index contributed by atoms with van der Waals surface area (Å²) in [4.78, 5) is 23.3. The number of hydrogen-bond donors (Lipinski definition) is 2. The summed E-state index contributed by atoms with van der Waals surface area (Å²) >= 11 is 0. The number of aromatic nitrogens is 1. The minimum atomic E-state index is -1.51. The maximum Gasteiger partial charge on any atom is 0.357 e. The first kappa shape index (κ1) is 16.0. The summed E-state index contributed by atoms with van der Waals surface area (Å²) in [6.45, 7) is 1.56. The van der Waals surface area contributed by atoms with Crippen LogP contribution in [0.2, 0.25) is 0 Å². The fraction of sp³-hybridized carbons (Fsp3) is 0.133. The van der Waals surface area contributed by atoms with Gasteiger partial charge in [0, 0.05) is 6.20 Å². The van der Waals surface area contributed by atoms with Crippen LogP contribution in [0.4, 0.5) is 10.1 Å². The number of nitrogens with two attached hydrogens (primary N) is 1. The zero-order valence-electron chi connectivity index (χ0n) is 12.3. The van der Waals surface area contributed by atoms with Crippen molar-refractivity contribution in [1.82, 2.24) is 4.57 Å². The molecule has 0 fully saturated rings. The number of aryl methyl sites for hydroxylation is 1. The van der Waals surface area contributed by atoms with E-state index in [4.69, 9.17) is 11.0 Å². The molecule has 0 aliphatic rings. The van der Waals surface area contributed by atoms with Gasteiger partial charge in [-0.25, -0.2) is 14.0 Å². The highest BCUT2D eigenvalue weighted by atomic mass is 19.1. The fourth-order valence-corrected chi connectivity index (χ4v) is 2.23. The number of nitriles is 1. The predicted octanol–water partition coefficient (Wildman–Crippen LogP) is 1.86. The Labute approximate surface area is 130 Å². The molecule has 3 N–H and O–H groups in total. The average molecular weight is 317 g/mol. The molecule has 1 aromatic heterocycles.